The second-order valence-corrected chi connectivity index (χ2v) is 6.20. The Bertz CT molecular complexity index is 922. The van der Waals surface area contributed by atoms with E-state index in [2.05, 4.69) is 35.4 Å². The summed E-state index contributed by atoms with van der Waals surface area (Å²) in [5.41, 5.74) is 1.30. The van der Waals surface area contributed by atoms with Gasteiger partial charge in [-0.3, -0.25) is 4.79 Å². The highest BCUT2D eigenvalue weighted by molar-refractivity contribution is 5.95. The molecule has 1 aliphatic rings. The summed E-state index contributed by atoms with van der Waals surface area (Å²) in [6, 6.07) is 8.76. The molecule has 1 aromatic carbocycles. The Morgan fingerprint density at radius 1 is 1.19 bits per heavy atom. The number of hydrogen-bond donors (Lipinski definition) is 2. The van der Waals surface area contributed by atoms with E-state index in [0.717, 1.165) is 36.7 Å². The Hall–Kier alpha value is -3.29. The molecule has 0 bridgehead atoms. The van der Waals surface area contributed by atoms with Gasteiger partial charge < -0.3 is 15.2 Å². The van der Waals surface area contributed by atoms with E-state index in [-0.39, 0.29) is 11.9 Å². The maximum Gasteiger partial charge on any atom is 0.251 e. The number of carbonyl (C=O) groups is 1. The average Bonchev–Trinajstić information content (AvgIpc) is 3.26. The van der Waals surface area contributed by atoms with Gasteiger partial charge in [-0.1, -0.05) is 6.07 Å². The van der Waals surface area contributed by atoms with E-state index in [1.165, 1.54) is 0 Å². The van der Waals surface area contributed by atoms with Crippen molar-refractivity contribution >= 4 is 17.5 Å². The molecule has 1 amide bonds. The predicted molar refractivity (Wildman–Crippen MR) is 96.0 cm³/mol. The Labute approximate surface area is 150 Å². The molecule has 26 heavy (non-hydrogen) atoms. The van der Waals surface area contributed by atoms with Crippen LogP contribution in [0.3, 0.4) is 0 Å². The predicted octanol–water partition coefficient (Wildman–Crippen LogP) is 2.25. The summed E-state index contributed by atoms with van der Waals surface area (Å²) in [7, 11) is 0. The van der Waals surface area contributed by atoms with Crippen molar-refractivity contribution < 1.29 is 4.79 Å². The number of aryl methyl sites for hydroxylation is 1. The zero-order valence-electron chi connectivity index (χ0n) is 14.4. The van der Waals surface area contributed by atoms with Crippen LogP contribution in [0.4, 0.5) is 11.6 Å². The van der Waals surface area contributed by atoms with Crippen molar-refractivity contribution in [3.63, 3.8) is 0 Å². The number of carbonyl (C=O) groups excluding carboxylic acids is 1. The monoisotopic (exact) mass is 349 g/mol. The molecule has 0 saturated carbocycles. The Morgan fingerprint density at radius 2 is 2.04 bits per heavy atom. The van der Waals surface area contributed by atoms with Gasteiger partial charge in [0.1, 0.15) is 5.82 Å². The van der Waals surface area contributed by atoms with Gasteiger partial charge in [0.2, 0.25) is 5.95 Å². The number of hydrogen-bond acceptors (Lipinski definition) is 6. The van der Waals surface area contributed by atoms with Crippen molar-refractivity contribution in [3.05, 3.63) is 59.9 Å². The number of fused-ring (bicyclic) bond motifs is 1. The molecule has 2 aromatic heterocycles. The average molecular weight is 349 g/mol. The second-order valence-electron chi connectivity index (χ2n) is 6.20. The molecule has 0 aliphatic carbocycles. The molecule has 0 spiro atoms. The maximum absolute atomic E-state index is 12.6. The minimum atomic E-state index is -0.212. The van der Waals surface area contributed by atoms with Crippen LogP contribution in [0.2, 0.25) is 0 Å². The lowest BCUT2D eigenvalue weighted by molar-refractivity contribution is 0.0937. The quantitative estimate of drug-likeness (QED) is 0.733. The van der Waals surface area contributed by atoms with Gasteiger partial charge in [0.15, 0.2) is 5.82 Å². The molecular weight excluding hydrogens is 330 g/mol. The number of rotatable bonds is 5. The zero-order chi connectivity index (χ0) is 17.9. The highest BCUT2D eigenvalue weighted by atomic mass is 16.1. The van der Waals surface area contributed by atoms with E-state index < -0.39 is 0 Å². The largest absolute Gasteiger partial charge is 0.342 e. The summed E-state index contributed by atoms with van der Waals surface area (Å²) < 4.78 is 2.09. The van der Waals surface area contributed by atoms with Crippen LogP contribution in [-0.2, 0) is 13.0 Å². The third-order valence-corrected chi connectivity index (χ3v) is 4.32. The molecule has 4 rings (SSSR count). The van der Waals surface area contributed by atoms with Crippen LogP contribution in [0, 0.1) is 0 Å². The fourth-order valence-electron chi connectivity index (χ4n) is 3.07. The summed E-state index contributed by atoms with van der Waals surface area (Å²) in [5, 5.41) is 14.5. The van der Waals surface area contributed by atoms with Gasteiger partial charge in [0.25, 0.3) is 5.91 Å². The van der Waals surface area contributed by atoms with Gasteiger partial charge in [-0.15, -0.1) is 10.2 Å². The number of aromatic nitrogens is 5. The van der Waals surface area contributed by atoms with Crippen molar-refractivity contribution in [2.24, 2.45) is 0 Å². The molecule has 0 saturated heterocycles. The van der Waals surface area contributed by atoms with E-state index in [9.17, 15) is 4.79 Å². The lowest BCUT2D eigenvalue weighted by Crippen LogP contribution is -2.28. The van der Waals surface area contributed by atoms with E-state index in [1.54, 1.807) is 30.6 Å². The minimum Gasteiger partial charge on any atom is -0.342 e. The maximum atomic E-state index is 12.6. The molecular formula is C18H19N7O. The van der Waals surface area contributed by atoms with Gasteiger partial charge >= 0.3 is 0 Å². The molecule has 0 unspecified atom stereocenters. The number of benzene rings is 1. The van der Waals surface area contributed by atoms with Crippen LogP contribution in [0.25, 0.3) is 0 Å². The number of nitrogens with zero attached hydrogens (tertiary/aromatic N) is 5. The van der Waals surface area contributed by atoms with E-state index >= 15 is 0 Å². The van der Waals surface area contributed by atoms with E-state index in [1.807, 2.05) is 19.1 Å². The standard InChI is InChI=1S/C18H19N7O/c1-12(16-24-23-15-7-3-10-25(15)16)21-17(26)13-5-2-6-14(11-13)22-18-19-8-4-9-20-18/h2,4-6,8-9,11-12H,3,7,10H2,1H3,(H,21,26)(H,19,20,22)/t12-/m0/s1. The number of anilines is 2. The molecule has 8 heteroatoms. The van der Waals surface area contributed by atoms with Crippen LogP contribution in [-0.4, -0.2) is 30.6 Å². The zero-order valence-corrected chi connectivity index (χ0v) is 14.4. The summed E-state index contributed by atoms with van der Waals surface area (Å²) in [6.45, 7) is 2.84. The van der Waals surface area contributed by atoms with Crippen LogP contribution in [0.5, 0.6) is 0 Å². The molecule has 0 fully saturated rings. The summed E-state index contributed by atoms with van der Waals surface area (Å²) in [6.07, 6.45) is 5.34. The first-order valence-corrected chi connectivity index (χ1v) is 8.57. The summed E-state index contributed by atoms with van der Waals surface area (Å²) in [5.74, 6) is 2.12. The highest BCUT2D eigenvalue weighted by Crippen LogP contribution is 2.20. The third kappa shape index (κ3) is 3.26. The van der Waals surface area contributed by atoms with Crippen molar-refractivity contribution in [2.75, 3.05) is 5.32 Å². The van der Waals surface area contributed by atoms with Gasteiger partial charge in [0, 0.05) is 36.6 Å². The Morgan fingerprint density at radius 3 is 2.88 bits per heavy atom. The molecule has 1 aliphatic heterocycles. The van der Waals surface area contributed by atoms with Crippen molar-refractivity contribution in [3.8, 4) is 0 Å². The number of nitrogens with one attached hydrogen (secondary N) is 2. The SMILES string of the molecule is C[C@H](NC(=O)c1cccc(Nc2ncccn2)c1)c1nnc2n1CCC2. The molecule has 3 aromatic rings. The molecule has 3 heterocycles. The van der Waals surface area contributed by atoms with Crippen LogP contribution >= 0.6 is 0 Å². The van der Waals surface area contributed by atoms with Gasteiger partial charge in [0.05, 0.1) is 6.04 Å². The van der Waals surface area contributed by atoms with Crippen molar-refractivity contribution in [1.29, 1.82) is 0 Å². The smallest absolute Gasteiger partial charge is 0.251 e. The topological polar surface area (TPSA) is 97.6 Å². The second kappa shape index (κ2) is 6.91. The fourth-order valence-corrected chi connectivity index (χ4v) is 3.07. The first-order chi connectivity index (χ1) is 12.7. The molecule has 1 atom stereocenters. The molecule has 0 radical (unpaired) electrons. The third-order valence-electron chi connectivity index (χ3n) is 4.32. The lowest BCUT2D eigenvalue weighted by Gasteiger charge is -2.14. The molecule has 8 nitrogen and oxygen atoms in total. The van der Waals surface area contributed by atoms with Gasteiger partial charge in [-0.05, 0) is 37.6 Å². The van der Waals surface area contributed by atoms with Gasteiger partial charge in [-0.25, -0.2) is 9.97 Å². The summed E-state index contributed by atoms with van der Waals surface area (Å²) >= 11 is 0. The van der Waals surface area contributed by atoms with Crippen molar-refractivity contribution in [1.82, 2.24) is 30.0 Å². The fraction of sp³-hybridized carbons (Fsp3) is 0.278. The summed E-state index contributed by atoms with van der Waals surface area (Å²) in [4.78, 5) is 20.9. The van der Waals surface area contributed by atoms with E-state index in [0.29, 0.717) is 11.5 Å². The van der Waals surface area contributed by atoms with Gasteiger partial charge in [-0.2, -0.15) is 0 Å². The first kappa shape index (κ1) is 16.2. The minimum absolute atomic E-state index is 0.162. The first-order valence-electron chi connectivity index (χ1n) is 8.57. The van der Waals surface area contributed by atoms with Crippen LogP contribution in [0.15, 0.2) is 42.7 Å². The molecule has 132 valence electrons. The molecule has 2 N–H and O–H groups in total. The van der Waals surface area contributed by atoms with E-state index in [4.69, 9.17) is 0 Å². The Kier molecular flexibility index (Phi) is 4.30. The lowest BCUT2D eigenvalue weighted by atomic mass is 10.1. The highest BCUT2D eigenvalue weighted by Gasteiger charge is 2.22. The van der Waals surface area contributed by atoms with Crippen LogP contribution < -0.4 is 10.6 Å². The van der Waals surface area contributed by atoms with Crippen molar-refractivity contribution in [2.45, 2.75) is 32.4 Å². The van der Waals surface area contributed by atoms with Crippen LogP contribution in [0.1, 0.15) is 41.4 Å². The normalized spacial score (nSPS) is 13.9. The number of amides is 1. The Balaban J connectivity index is 1.47.